The number of aromatic nitrogens is 10. The standard InChI is InChI=1S/2C26H20F3N7O/c2*1-15-8-9-16(25(37)32-19-7-3-6-18(12-19)26(27,28)29)11-21(15)33-23-20-14-31-36(2)24(20)35-22(34-23)17-5-4-10-30-13-17/h2*3-14H,1-2H3,(H,32,37)(H,33,34,35). The first-order valence-electron chi connectivity index (χ1n) is 22.3. The molecule has 0 saturated heterocycles. The van der Waals surface area contributed by atoms with E-state index >= 15 is 0 Å². The molecule has 0 atom stereocenters. The van der Waals surface area contributed by atoms with Gasteiger partial charge in [-0.25, -0.2) is 19.9 Å². The zero-order valence-corrected chi connectivity index (χ0v) is 39.4. The molecule has 0 bridgehead atoms. The zero-order valence-electron chi connectivity index (χ0n) is 39.4. The molecule has 4 aromatic carbocycles. The number of amides is 2. The van der Waals surface area contributed by atoms with E-state index in [1.807, 2.05) is 26.0 Å². The van der Waals surface area contributed by atoms with E-state index in [2.05, 4.69) is 61.4 Å². The van der Waals surface area contributed by atoms with Gasteiger partial charge in [-0.15, -0.1) is 0 Å². The third-order valence-electron chi connectivity index (χ3n) is 11.4. The number of nitrogens with zero attached hydrogens (tertiary/aromatic N) is 10. The summed E-state index contributed by atoms with van der Waals surface area (Å²) in [4.78, 5) is 52.6. The maximum Gasteiger partial charge on any atom is 0.416 e. The van der Waals surface area contributed by atoms with Crippen molar-refractivity contribution in [1.29, 1.82) is 0 Å². The van der Waals surface area contributed by atoms with Crippen LogP contribution in [0.5, 0.6) is 0 Å². The fourth-order valence-electron chi connectivity index (χ4n) is 7.49. The second kappa shape index (κ2) is 20.3. The van der Waals surface area contributed by atoms with Crippen LogP contribution in [0.3, 0.4) is 0 Å². The van der Waals surface area contributed by atoms with Gasteiger partial charge in [0, 0.05) is 83.9 Å². The normalized spacial score (nSPS) is 11.5. The number of halogens is 6. The minimum absolute atomic E-state index is 0.0453. The van der Waals surface area contributed by atoms with Crippen LogP contribution in [-0.4, -0.2) is 61.3 Å². The van der Waals surface area contributed by atoms with Gasteiger partial charge in [0.05, 0.1) is 34.3 Å². The lowest BCUT2D eigenvalue weighted by atomic mass is 10.1. The smallest absolute Gasteiger partial charge is 0.339 e. The number of rotatable bonds is 10. The van der Waals surface area contributed by atoms with E-state index < -0.39 is 35.3 Å². The summed E-state index contributed by atoms with van der Waals surface area (Å²) < 4.78 is 81.5. The quantitative estimate of drug-likeness (QED) is 0.0948. The molecule has 0 aliphatic rings. The van der Waals surface area contributed by atoms with Crippen molar-refractivity contribution < 1.29 is 35.9 Å². The Labute approximate surface area is 416 Å². The molecule has 4 N–H and O–H groups in total. The molecule has 0 fully saturated rings. The number of anilines is 6. The summed E-state index contributed by atoms with van der Waals surface area (Å²) in [6.07, 6.45) is 0.900. The van der Waals surface area contributed by atoms with Crippen LogP contribution in [0.4, 0.5) is 60.7 Å². The lowest BCUT2D eigenvalue weighted by molar-refractivity contribution is -0.138. The average molecular weight is 1010 g/mol. The number of hydrogen-bond acceptors (Lipinski definition) is 12. The zero-order chi connectivity index (χ0) is 52.3. The number of carbonyl (C=O) groups is 2. The highest BCUT2D eigenvalue weighted by Gasteiger charge is 2.31. The van der Waals surface area contributed by atoms with Gasteiger partial charge in [0.25, 0.3) is 11.8 Å². The number of fused-ring (bicyclic) bond motifs is 2. The van der Waals surface area contributed by atoms with Crippen LogP contribution >= 0.6 is 0 Å². The molecule has 0 saturated carbocycles. The van der Waals surface area contributed by atoms with Gasteiger partial charge in [0.15, 0.2) is 22.9 Å². The van der Waals surface area contributed by atoms with Crippen LogP contribution in [0, 0.1) is 13.8 Å². The average Bonchev–Trinajstić information content (AvgIpc) is 3.96. The van der Waals surface area contributed by atoms with Crippen molar-refractivity contribution in [3.05, 3.63) is 180 Å². The summed E-state index contributed by atoms with van der Waals surface area (Å²) in [6, 6.07) is 26.2. The maximum atomic E-state index is 13.0. The van der Waals surface area contributed by atoms with Crippen LogP contribution in [-0.2, 0) is 26.4 Å². The van der Waals surface area contributed by atoms with Gasteiger partial charge in [-0.3, -0.25) is 28.9 Å². The second-order valence-electron chi connectivity index (χ2n) is 16.7. The highest BCUT2D eigenvalue weighted by atomic mass is 19.4. The SMILES string of the molecule is Cc1ccc(C(=O)Nc2cccc(C(F)(F)F)c2)cc1Nc1nc(-c2cccnc2)nc2c1cnn2C.Cc1ccc(C(=O)Nc2cccc(C(F)(F)F)c2)cc1Nc1nc(-c2cccnc2)nc2c1cnn2C. The molecule has 22 heteroatoms. The van der Waals surface area contributed by atoms with Crippen molar-refractivity contribution in [2.75, 3.05) is 21.3 Å². The van der Waals surface area contributed by atoms with E-state index in [0.717, 1.165) is 46.5 Å². The molecule has 16 nitrogen and oxygen atoms in total. The van der Waals surface area contributed by atoms with Crippen LogP contribution in [0.15, 0.2) is 146 Å². The van der Waals surface area contributed by atoms with Crippen LogP contribution in [0.25, 0.3) is 44.8 Å². The van der Waals surface area contributed by atoms with Gasteiger partial charge in [-0.2, -0.15) is 36.5 Å². The Hall–Kier alpha value is -9.60. The van der Waals surface area contributed by atoms with Crippen molar-refractivity contribution in [2.24, 2.45) is 14.1 Å². The van der Waals surface area contributed by atoms with Gasteiger partial charge in [-0.1, -0.05) is 24.3 Å². The highest BCUT2D eigenvalue weighted by molar-refractivity contribution is 6.06. The Morgan fingerprint density at radius 1 is 0.500 bits per heavy atom. The van der Waals surface area contributed by atoms with Gasteiger partial charge in [0.2, 0.25) is 0 Å². The van der Waals surface area contributed by atoms with Crippen LogP contribution in [0.2, 0.25) is 0 Å². The topological polar surface area (TPSA) is 195 Å². The molecule has 0 radical (unpaired) electrons. The Kier molecular flexibility index (Phi) is 13.5. The van der Waals surface area contributed by atoms with E-state index in [-0.39, 0.29) is 22.5 Å². The third kappa shape index (κ3) is 11.0. The number of pyridine rings is 2. The predicted octanol–water partition coefficient (Wildman–Crippen LogP) is 11.5. The molecule has 2 amide bonds. The molecule has 372 valence electrons. The molecule has 74 heavy (non-hydrogen) atoms. The van der Waals surface area contributed by atoms with E-state index in [0.29, 0.717) is 56.7 Å². The summed E-state index contributed by atoms with van der Waals surface area (Å²) >= 11 is 0. The van der Waals surface area contributed by atoms with Gasteiger partial charge in [0.1, 0.15) is 11.6 Å². The fourth-order valence-corrected chi connectivity index (χ4v) is 7.49. The molecule has 10 aromatic rings. The van der Waals surface area contributed by atoms with Gasteiger partial charge >= 0.3 is 12.4 Å². The molecule has 0 unspecified atom stereocenters. The number of hydrogen-bond donors (Lipinski definition) is 4. The summed E-state index contributed by atoms with van der Waals surface area (Å²) in [7, 11) is 3.55. The molecule has 6 heterocycles. The summed E-state index contributed by atoms with van der Waals surface area (Å²) in [5, 5.41) is 21.5. The van der Waals surface area contributed by atoms with Crippen LogP contribution < -0.4 is 21.3 Å². The summed E-state index contributed by atoms with van der Waals surface area (Å²) in [6.45, 7) is 3.72. The van der Waals surface area contributed by atoms with Gasteiger partial charge < -0.3 is 21.3 Å². The van der Waals surface area contributed by atoms with E-state index in [4.69, 9.17) is 0 Å². The first kappa shape index (κ1) is 49.4. The summed E-state index contributed by atoms with van der Waals surface area (Å²) in [5.74, 6) is 0.761. The molecule has 0 spiro atoms. The Morgan fingerprint density at radius 2 is 0.919 bits per heavy atom. The van der Waals surface area contributed by atoms with Crippen molar-refractivity contribution in [3.8, 4) is 22.8 Å². The third-order valence-corrected chi connectivity index (χ3v) is 11.4. The monoisotopic (exact) mass is 1010 g/mol. The Bertz CT molecular complexity index is 3470. The lowest BCUT2D eigenvalue weighted by Gasteiger charge is -2.14. The minimum Gasteiger partial charge on any atom is -0.339 e. The lowest BCUT2D eigenvalue weighted by Crippen LogP contribution is -2.13. The first-order valence-corrected chi connectivity index (χ1v) is 22.3. The predicted molar refractivity (Wildman–Crippen MR) is 267 cm³/mol. The maximum absolute atomic E-state index is 13.0. The van der Waals surface area contributed by atoms with Crippen LogP contribution in [0.1, 0.15) is 43.0 Å². The number of carbonyl (C=O) groups excluding carboxylic acids is 2. The molecule has 0 aliphatic heterocycles. The largest absolute Gasteiger partial charge is 0.416 e. The van der Waals surface area contributed by atoms with Crippen molar-refractivity contribution in [3.63, 3.8) is 0 Å². The van der Waals surface area contributed by atoms with Gasteiger partial charge in [-0.05, 0) is 110 Å². The molecular weight excluding hydrogens is 967 g/mol. The number of alkyl halides is 6. The Balaban J connectivity index is 0.000000182. The number of nitrogens with one attached hydrogen (secondary N) is 4. The molecule has 0 aliphatic carbocycles. The molecular formula is C52H40F6N14O2. The molecule has 10 rings (SSSR count). The molecule has 6 aromatic heterocycles. The first-order chi connectivity index (χ1) is 35.4. The van der Waals surface area contributed by atoms with Crippen molar-refractivity contribution in [1.82, 2.24) is 49.5 Å². The second-order valence-corrected chi connectivity index (χ2v) is 16.7. The van der Waals surface area contributed by atoms with Crippen molar-refractivity contribution >= 4 is 68.3 Å². The summed E-state index contributed by atoms with van der Waals surface area (Å²) in [5.41, 5.74) is 4.42. The number of benzene rings is 4. The Morgan fingerprint density at radius 3 is 1.30 bits per heavy atom. The van der Waals surface area contributed by atoms with E-state index in [1.54, 1.807) is 109 Å². The minimum atomic E-state index is -4.51. The van der Waals surface area contributed by atoms with Crippen molar-refractivity contribution in [2.45, 2.75) is 26.2 Å². The number of aryl methyl sites for hydroxylation is 4. The van der Waals surface area contributed by atoms with E-state index in [1.165, 1.54) is 24.3 Å². The van der Waals surface area contributed by atoms with E-state index in [9.17, 15) is 35.9 Å². The highest BCUT2D eigenvalue weighted by Crippen LogP contribution is 2.34. The fraction of sp³-hybridized carbons (Fsp3) is 0.115.